The Kier molecular flexibility index (Phi) is 7.86. The van der Waals surface area contributed by atoms with Gasteiger partial charge in [0.2, 0.25) is 0 Å². The van der Waals surface area contributed by atoms with E-state index in [1.54, 1.807) is 0 Å². The van der Waals surface area contributed by atoms with Gasteiger partial charge in [0, 0.05) is 0 Å². The molecule has 1 atom stereocenters. The fourth-order valence-electron chi connectivity index (χ4n) is 2.10. The van der Waals surface area contributed by atoms with Gasteiger partial charge in [-0.05, 0) is 49.8 Å². The molecule has 0 heterocycles. The van der Waals surface area contributed by atoms with Gasteiger partial charge in [-0.2, -0.15) is 0 Å². The first-order valence-electron chi connectivity index (χ1n) is 7.72. The molecule has 0 N–H and O–H groups in total. The zero-order valence-electron chi connectivity index (χ0n) is 13.3. The standard InChI is InChI=1S/C18H28O2/c1-5-8-15(4)13-16-9-10-17(19-11-6-2)18(14-16)20-12-7-3/h5,8-10,14-15H,6-7,11-13H2,1-4H3/b8-5-. The Balaban J connectivity index is 2.82. The van der Waals surface area contributed by atoms with Gasteiger partial charge >= 0.3 is 0 Å². The molecule has 0 spiro atoms. The average Bonchev–Trinajstić information content (AvgIpc) is 2.44. The molecule has 112 valence electrons. The number of allylic oxidation sites excluding steroid dienone is 2. The molecule has 0 bridgehead atoms. The Labute approximate surface area is 123 Å². The minimum atomic E-state index is 0.543. The van der Waals surface area contributed by atoms with Crippen molar-refractivity contribution in [1.29, 1.82) is 0 Å². The molecule has 0 radical (unpaired) electrons. The lowest BCUT2D eigenvalue weighted by Crippen LogP contribution is -2.03. The first kappa shape index (κ1) is 16.6. The van der Waals surface area contributed by atoms with E-state index in [2.05, 4.69) is 52.0 Å². The molecule has 1 rings (SSSR count). The molecule has 0 amide bonds. The summed E-state index contributed by atoms with van der Waals surface area (Å²) in [6.45, 7) is 9.99. The third kappa shape index (κ3) is 5.68. The van der Waals surface area contributed by atoms with Crippen LogP contribution in [0.1, 0.15) is 46.1 Å². The van der Waals surface area contributed by atoms with Gasteiger partial charge in [0.15, 0.2) is 11.5 Å². The monoisotopic (exact) mass is 276 g/mol. The van der Waals surface area contributed by atoms with Crippen molar-refractivity contribution in [3.63, 3.8) is 0 Å². The van der Waals surface area contributed by atoms with Crippen LogP contribution in [0.2, 0.25) is 0 Å². The lowest BCUT2D eigenvalue weighted by molar-refractivity contribution is 0.268. The summed E-state index contributed by atoms with van der Waals surface area (Å²) in [6.07, 6.45) is 7.38. The van der Waals surface area contributed by atoms with E-state index in [0.717, 1.165) is 44.0 Å². The second-order valence-corrected chi connectivity index (χ2v) is 5.19. The highest BCUT2D eigenvalue weighted by Crippen LogP contribution is 2.29. The molecule has 20 heavy (non-hydrogen) atoms. The summed E-state index contributed by atoms with van der Waals surface area (Å²) < 4.78 is 11.6. The number of benzene rings is 1. The minimum absolute atomic E-state index is 0.543. The van der Waals surface area contributed by atoms with E-state index in [1.807, 2.05) is 6.07 Å². The van der Waals surface area contributed by atoms with Gasteiger partial charge in [-0.1, -0.05) is 39.0 Å². The van der Waals surface area contributed by atoms with E-state index in [4.69, 9.17) is 9.47 Å². The van der Waals surface area contributed by atoms with Crippen molar-refractivity contribution in [3.05, 3.63) is 35.9 Å². The Bertz CT molecular complexity index is 410. The van der Waals surface area contributed by atoms with Crippen LogP contribution in [0.25, 0.3) is 0 Å². The highest BCUT2D eigenvalue weighted by Gasteiger charge is 2.08. The maximum atomic E-state index is 5.82. The SMILES string of the molecule is C/C=C\C(C)Cc1ccc(OCCC)c(OCCC)c1. The highest BCUT2D eigenvalue weighted by molar-refractivity contribution is 5.43. The molecule has 0 aliphatic carbocycles. The van der Waals surface area contributed by atoms with Crippen LogP contribution in [0.5, 0.6) is 11.5 Å². The maximum absolute atomic E-state index is 5.82. The molecular weight excluding hydrogens is 248 g/mol. The second kappa shape index (κ2) is 9.46. The van der Waals surface area contributed by atoms with Crippen LogP contribution in [-0.2, 0) is 6.42 Å². The molecule has 0 saturated carbocycles. The molecule has 0 aliphatic heterocycles. The van der Waals surface area contributed by atoms with Gasteiger partial charge in [-0.25, -0.2) is 0 Å². The molecule has 1 unspecified atom stereocenters. The fourth-order valence-corrected chi connectivity index (χ4v) is 2.10. The molecule has 0 saturated heterocycles. The third-order valence-electron chi connectivity index (χ3n) is 3.01. The van der Waals surface area contributed by atoms with Crippen LogP contribution in [0.3, 0.4) is 0 Å². The number of rotatable bonds is 9. The van der Waals surface area contributed by atoms with E-state index >= 15 is 0 Å². The first-order valence-corrected chi connectivity index (χ1v) is 7.72. The number of hydrogen-bond acceptors (Lipinski definition) is 2. The van der Waals surface area contributed by atoms with Gasteiger partial charge in [-0.3, -0.25) is 0 Å². The van der Waals surface area contributed by atoms with Crippen LogP contribution in [0, 0.1) is 5.92 Å². The Hall–Kier alpha value is -1.44. The Morgan fingerprint density at radius 1 is 1.05 bits per heavy atom. The molecule has 2 nitrogen and oxygen atoms in total. The molecule has 2 heteroatoms. The predicted molar refractivity (Wildman–Crippen MR) is 85.7 cm³/mol. The third-order valence-corrected chi connectivity index (χ3v) is 3.01. The van der Waals surface area contributed by atoms with Crippen molar-refractivity contribution in [2.45, 2.75) is 47.0 Å². The summed E-state index contributed by atoms with van der Waals surface area (Å²) >= 11 is 0. The summed E-state index contributed by atoms with van der Waals surface area (Å²) in [4.78, 5) is 0. The zero-order valence-corrected chi connectivity index (χ0v) is 13.3. The predicted octanol–water partition coefficient (Wildman–Crippen LogP) is 5.02. The summed E-state index contributed by atoms with van der Waals surface area (Å²) in [5, 5.41) is 0. The fraction of sp³-hybridized carbons (Fsp3) is 0.556. The van der Waals surface area contributed by atoms with Gasteiger partial charge in [0.25, 0.3) is 0 Å². The number of hydrogen-bond donors (Lipinski definition) is 0. The van der Waals surface area contributed by atoms with Gasteiger partial charge in [-0.15, -0.1) is 0 Å². The topological polar surface area (TPSA) is 18.5 Å². The van der Waals surface area contributed by atoms with Crippen molar-refractivity contribution >= 4 is 0 Å². The summed E-state index contributed by atoms with van der Waals surface area (Å²) in [5.74, 6) is 2.29. The van der Waals surface area contributed by atoms with E-state index in [1.165, 1.54) is 5.56 Å². The van der Waals surface area contributed by atoms with Crippen LogP contribution in [0.15, 0.2) is 30.4 Å². The van der Waals surface area contributed by atoms with Crippen molar-refractivity contribution in [2.24, 2.45) is 5.92 Å². The van der Waals surface area contributed by atoms with E-state index in [-0.39, 0.29) is 0 Å². The van der Waals surface area contributed by atoms with Crippen LogP contribution in [-0.4, -0.2) is 13.2 Å². The highest BCUT2D eigenvalue weighted by atomic mass is 16.5. The Morgan fingerprint density at radius 2 is 1.70 bits per heavy atom. The van der Waals surface area contributed by atoms with Crippen molar-refractivity contribution in [2.75, 3.05) is 13.2 Å². The first-order chi connectivity index (χ1) is 9.71. The smallest absolute Gasteiger partial charge is 0.161 e. The normalized spacial score (nSPS) is 12.6. The van der Waals surface area contributed by atoms with Crippen LogP contribution < -0.4 is 9.47 Å². The van der Waals surface area contributed by atoms with Crippen molar-refractivity contribution in [3.8, 4) is 11.5 Å². The maximum Gasteiger partial charge on any atom is 0.161 e. The van der Waals surface area contributed by atoms with Crippen molar-refractivity contribution in [1.82, 2.24) is 0 Å². The van der Waals surface area contributed by atoms with E-state index < -0.39 is 0 Å². The molecular formula is C18H28O2. The van der Waals surface area contributed by atoms with Gasteiger partial charge in [0.05, 0.1) is 13.2 Å². The van der Waals surface area contributed by atoms with Crippen LogP contribution in [0.4, 0.5) is 0 Å². The van der Waals surface area contributed by atoms with Crippen molar-refractivity contribution < 1.29 is 9.47 Å². The Morgan fingerprint density at radius 3 is 2.30 bits per heavy atom. The average molecular weight is 276 g/mol. The molecule has 1 aromatic rings. The molecule has 0 fully saturated rings. The van der Waals surface area contributed by atoms with Crippen LogP contribution >= 0.6 is 0 Å². The van der Waals surface area contributed by atoms with E-state index in [9.17, 15) is 0 Å². The molecule has 1 aromatic carbocycles. The lowest BCUT2D eigenvalue weighted by atomic mass is 10.0. The quantitative estimate of drug-likeness (QED) is 0.590. The zero-order chi connectivity index (χ0) is 14.8. The number of ether oxygens (including phenoxy) is 2. The van der Waals surface area contributed by atoms with Gasteiger partial charge in [0.1, 0.15) is 0 Å². The lowest BCUT2D eigenvalue weighted by Gasteiger charge is -2.14. The summed E-state index contributed by atoms with van der Waals surface area (Å²) in [7, 11) is 0. The van der Waals surface area contributed by atoms with E-state index in [0.29, 0.717) is 5.92 Å². The second-order valence-electron chi connectivity index (χ2n) is 5.19. The molecule has 0 aromatic heterocycles. The largest absolute Gasteiger partial charge is 0.490 e. The summed E-state index contributed by atoms with van der Waals surface area (Å²) in [5.41, 5.74) is 1.30. The minimum Gasteiger partial charge on any atom is -0.490 e. The van der Waals surface area contributed by atoms with Gasteiger partial charge < -0.3 is 9.47 Å². The summed E-state index contributed by atoms with van der Waals surface area (Å²) in [6, 6.07) is 6.31. The molecule has 0 aliphatic rings.